The number of aromatic nitrogens is 4. The van der Waals surface area contributed by atoms with E-state index in [0.29, 0.717) is 38.4 Å². The number of halogens is 3. The average Bonchev–Trinajstić information content (AvgIpc) is 3.43. The van der Waals surface area contributed by atoms with Gasteiger partial charge in [0.05, 0.1) is 31.0 Å². The molecular formula is C26H28F3N7O2. The van der Waals surface area contributed by atoms with Crippen LogP contribution in [0.15, 0.2) is 36.7 Å². The maximum Gasteiger partial charge on any atom is 0.416 e. The zero-order valence-corrected chi connectivity index (χ0v) is 21.0. The molecule has 1 amide bonds. The van der Waals surface area contributed by atoms with Crippen LogP contribution in [0.3, 0.4) is 0 Å². The summed E-state index contributed by atoms with van der Waals surface area (Å²) in [5.41, 5.74) is 0.414. The van der Waals surface area contributed by atoms with Crippen LogP contribution in [0, 0.1) is 0 Å². The van der Waals surface area contributed by atoms with Crippen LogP contribution >= 0.6 is 0 Å². The summed E-state index contributed by atoms with van der Waals surface area (Å²) in [5.74, 6) is 0.288. The van der Waals surface area contributed by atoms with Crippen LogP contribution in [-0.4, -0.2) is 69.9 Å². The van der Waals surface area contributed by atoms with Gasteiger partial charge in [-0.3, -0.25) is 9.69 Å². The van der Waals surface area contributed by atoms with Crippen molar-refractivity contribution < 1.29 is 22.7 Å². The number of rotatable bonds is 6. The van der Waals surface area contributed by atoms with Gasteiger partial charge in [-0.1, -0.05) is 12.1 Å². The van der Waals surface area contributed by atoms with Gasteiger partial charge in [0.1, 0.15) is 17.8 Å². The second-order valence-electron chi connectivity index (χ2n) is 10.3. The van der Waals surface area contributed by atoms with E-state index in [2.05, 4.69) is 20.5 Å². The van der Waals surface area contributed by atoms with Gasteiger partial charge in [0.25, 0.3) is 5.91 Å². The molecular weight excluding hydrogens is 499 g/mol. The van der Waals surface area contributed by atoms with E-state index in [1.165, 1.54) is 4.90 Å². The monoisotopic (exact) mass is 527 g/mol. The molecule has 2 fully saturated rings. The van der Waals surface area contributed by atoms with Gasteiger partial charge in [-0.2, -0.15) is 13.2 Å². The Kier molecular flexibility index (Phi) is 6.20. The minimum absolute atomic E-state index is 0.0715. The lowest BCUT2D eigenvalue weighted by molar-refractivity contribution is -0.138. The van der Waals surface area contributed by atoms with E-state index in [0.717, 1.165) is 30.5 Å². The molecule has 0 spiro atoms. The number of nitrogens with one attached hydrogen (secondary N) is 1. The zero-order chi connectivity index (χ0) is 26.5. The molecule has 2 aromatic heterocycles. The average molecular weight is 528 g/mol. The van der Waals surface area contributed by atoms with Crippen LogP contribution in [-0.2, 0) is 42.9 Å². The Morgan fingerprint density at radius 1 is 1.16 bits per heavy atom. The Balaban J connectivity index is 1.31. The second-order valence-corrected chi connectivity index (χ2v) is 10.3. The van der Waals surface area contributed by atoms with Crippen LogP contribution in [0.25, 0.3) is 0 Å². The first-order valence-electron chi connectivity index (χ1n) is 12.6. The Labute approximate surface area is 217 Å². The highest BCUT2D eigenvalue weighted by atomic mass is 19.4. The fourth-order valence-electron chi connectivity index (χ4n) is 5.45. The SMILES string of the molecule is Cn1cnnc1CC1(c2cccc(N3Cc4c(C(F)(F)F)cc(CN5CCNCC5)nc4C3=O)c2)COC1. The number of hydrogen-bond donors (Lipinski definition) is 1. The summed E-state index contributed by atoms with van der Waals surface area (Å²) in [7, 11) is 1.88. The summed E-state index contributed by atoms with van der Waals surface area (Å²) in [4.78, 5) is 21.4. The topological polar surface area (TPSA) is 88.4 Å². The van der Waals surface area contributed by atoms with E-state index in [1.807, 2.05) is 34.7 Å². The number of hydrogen-bond acceptors (Lipinski definition) is 7. The molecule has 3 aliphatic heterocycles. The fourth-order valence-corrected chi connectivity index (χ4v) is 5.45. The first-order valence-corrected chi connectivity index (χ1v) is 12.6. The summed E-state index contributed by atoms with van der Waals surface area (Å²) in [6.07, 6.45) is -2.36. The van der Waals surface area contributed by atoms with E-state index in [1.54, 1.807) is 12.4 Å². The molecule has 6 rings (SSSR count). The number of nitrogens with zero attached hydrogens (tertiary/aromatic N) is 6. The minimum atomic E-state index is -4.59. The number of amides is 1. The molecule has 9 nitrogen and oxygen atoms in total. The predicted octanol–water partition coefficient (Wildman–Crippen LogP) is 2.31. The number of anilines is 1. The minimum Gasteiger partial charge on any atom is -0.379 e. The molecule has 0 aliphatic carbocycles. The lowest BCUT2D eigenvalue weighted by Crippen LogP contribution is -2.49. The van der Waals surface area contributed by atoms with Gasteiger partial charge >= 0.3 is 6.18 Å². The van der Waals surface area contributed by atoms with Crippen LogP contribution in [0.1, 0.15) is 38.7 Å². The fraction of sp³-hybridized carbons (Fsp3) is 0.462. The smallest absolute Gasteiger partial charge is 0.379 e. The van der Waals surface area contributed by atoms with Crippen molar-refractivity contribution in [1.29, 1.82) is 0 Å². The van der Waals surface area contributed by atoms with Crippen molar-refractivity contribution in [2.75, 3.05) is 44.3 Å². The molecule has 0 atom stereocenters. The third-order valence-electron chi connectivity index (χ3n) is 7.67. The van der Waals surface area contributed by atoms with Gasteiger partial charge in [0.15, 0.2) is 0 Å². The third kappa shape index (κ3) is 4.46. The number of alkyl halides is 3. The number of benzene rings is 1. The van der Waals surface area contributed by atoms with Gasteiger partial charge < -0.3 is 19.5 Å². The molecule has 5 heterocycles. The normalized spacial score (nSPS) is 19.5. The van der Waals surface area contributed by atoms with E-state index in [-0.39, 0.29) is 35.5 Å². The largest absolute Gasteiger partial charge is 0.416 e. The van der Waals surface area contributed by atoms with Crippen LogP contribution < -0.4 is 10.2 Å². The highest BCUT2D eigenvalue weighted by Crippen LogP contribution is 2.41. The predicted molar refractivity (Wildman–Crippen MR) is 132 cm³/mol. The number of fused-ring (bicyclic) bond motifs is 1. The number of carbonyl (C=O) groups excluding carboxylic acids is 1. The first-order chi connectivity index (χ1) is 18.2. The van der Waals surface area contributed by atoms with Crippen molar-refractivity contribution >= 4 is 11.6 Å². The van der Waals surface area contributed by atoms with Gasteiger partial charge in [-0.25, -0.2) is 4.98 Å². The summed E-state index contributed by atoms with van der Waals surface area (Å²) in [6, 6.07) is 8.51. The van der Waals surface area contributed by atoms with Crippen molar-refractivity contribution in [1.82, 2.24) is 30.0 Å². The molecule has 200 valence electrons. The molecule has 0 bridgehead atoms. The Hall–Kier alpha value is -3.35. The van der Waals surface area contributed by atoms with Gasteiger partial charge in [0, 0.05) is 62.9 Å². The molecule has 3 aliphatic rings. The van der Waals surface area contributed by atoms with Gasteiger partial charge in [-0.05, 0) is 23.8 Å². The van der Waals surface area contributed by atoms with Crippen molar-refractivity contribution in [3.8, 4) is 0 Å². The maximum absolute atomic E-state index is 14.1. The molecule has 38 heavy (non-hydrogen) atoms. The van der Waals surface area contributed by atoms with Crippen molar-refractivity contribution in [2.45, 2.75) is 31.1 Å². The number of pyridine rings is 1. The van der Waals surface area contributed by atoms with E-state index in [4.69, 9.17) is 4.74 Å². The molecule has 1 N–H and O–H groups in total. The molecule has 12 heteroatoms. The molecule has 0 radical (unpaired) electrons. The summed E-state index contributed by atoms with van der Waals surface area (Å²) in [6.45, 7) is 4.01. The Morgan fingerprint density at radius 3 is 2.61 bits per heavy atom. The van der Waals surface area contributed by atoms with E-state index in [9.17, 15) is 18.0 Å². The lowest BCUT2D eigenvalue weighted by atomic mass is 9.75. The third-order valence-corrected chi connectivity index (χ3v) is 7.67. The van der Waals surface area contributed by atoms with E-state index < -0.39 is 17.6 Å². The Bertz CT molecular complexity index is 1360. The molecule has 0 unspecified atom stereocenters. The zero-order valence-electron chi connectivity index (χ0n) is 21.0. The van der Waals surface area contributed by atoms with E-state index >= 15 is 0 Å². The highest BCUT2D eigenvalue weighted by Gasteiger charge is 2.44. The Morgan fingerprint density at radius 2 is 1.95 bits per heavy atom. The lowest BCUT2D eigenvalue weighted by Gasteiger charge is -2.42. The molecule has 1 aromatic carbocycles. The van der Waals surface area contributed by atoms with Crippen molar-refractivity contribution in [3.05, 3.63) is 70.6 Å². The maximum atomic E-state index is 14.1. The molecule has 3 aromatic rings. The standard InChI is InChI=1S/C26H28F3N7O2/c1-34-16-31-33-22(34)11-25(14-38-15-25)17-3-2-4-19(9-17)36-13-20-21(26(27,28)29)10-18(32-23(20)24(36)37)12-35-7-5-30-6-8-35/h2-4,9-10,16,30H,5-8,11-15H2,1H3. The summed E-state index contributed by atoms with van der Waals surface area (Å²) in [5, 5.41) is 11.4. The highest BCUT2D eigenvalue weighted by molar-refractivity contribution is 6.09. The summed E-state index contributed by atoms with van der Waals surface area (Å²) >= 11 is 0. The number of ether oxygens (including phenoxy) is 1. The van der Waals surface area contributed by atoms with Crippen LogP contribution in [0.2, 0.25) is 0 Å². The number of piperazine rings is 1. The van der Waals surface area contributed by atoms with Crippen molar-refractivity contribution in [3.63, 3.8) is 0 Å². The van der Waals surface area contributed by atoms with Crippen molar-refractivity contribution in [2.24, 2.45) is 7.05 Å². The van der Waals surface area contributed by atoms with Gasteiger partial charge in [-0.15, -0.1) is 10.2 Å². The quantitative estimate of drug-likeness (QED) is 0.527. The summed E-state index contributed by atoms with van der Waals surface area (Å²) < 4.78 is 49.8. The van der Waals surface area contributed by atoms with Crippen LogP contribution in [0.4, 0.5) is 18.9 Å². The van der Waals surface area contributed by atoms with Crippen LogP contribution in [0.5, 0.6) is 0 Å². The molecule has 0 saturated carbocycles. The number of carbonyl (C=O) groups is 1. The second kappa shape index (κ2) is 9.44. The first kappa shape index (κ1) is 25.0. The molecule has 2 saturated heterocycles. The number of aryl methyl sites for hydroxylation is 1. The van der Waals surface area contributed by atoms with Gasteiger partial charge in [0.2, 0.25) is 0 Å².